The molecule has 4 unspecified atom stereocenters. The molecule has 0 aromatic carbocycles. The van der Waals surface area contributed by atoms with E-state index in [4.69, 9.17) is 5.11 Å². The Balaban J connectivity index is 1.58. The highest BCUT2D eigenvalue weighted by molar-refractivity contribution is 5.01. The van der Waals surface area contributed by atoms with Crippen LogP contribution in [-0.2, 0) is 0 Å². The topological polar surface area (TPSA) is 35.5 Å². The van der Waals surface area contributed by atoms with E-state index >= 15 is 0 Å². The molecule has 2 N–H and O–H groups in total. The maximum Gasteiger partial charge on any atom is 0.0474 e. The smallest absolute Gasteiger partial charge is 0.0474 e. The average Bonchev–Trinajstić information content (AvgIpc) is 2.60. The van der Waals surface area contributed by atoms with Gasteiger partial charge in [-0.25, -0.2) is 0 Å². The highest BCUT2D eigenvalue weighted by Gasteiger charge is 2.47. The Labute approximate surface area is 79.1 Å². The van der Waals surface area contributed by atoms with Gasteiger partial charge in [0, 0.05) is 25.7 Å². The van der Waals surface area contributed by atoms with E-state index in [1.807, 2.05) is 0 Å². The van der Waals surface area contributed by atoms with Crippen LogP contribution in [0.1, 0.15) is 6.42 Å². The molecule has 0 aromatic rings. The zero-order chi connectivity index (χ0) is 8.84. The summed E-state index contributed by atoms with van der Waals surface area (Å²) in [5, 5.41) is 12.5. The van der Waals surface area contributed by atoms with Gasteiger partial charge in [-0.05, 0) is 37.3 Å². The largest absolute Gasteiger partial charge is 0.396 e. The first-order valence-corrected chi connectivity index (χ1v) is 5.44. The summed E-state index contributed by atoms with van der Waals surface area (Å²) < 4.78 is 0. The molecule has 0 amide bonds. The van der Waals surface area contributed by atoms with Crippen molar-refractivity contribution in [3.05, 3.63) is 0 Å². The Kier molecular flexibility index (Phi) is 1.86. The lowest BCUT2D eigenvalue weighted by molar-refractivity contribution is 0.232. The van der Waals surface area contributed by atoms with Gasteiger partial charge in [-0.15, -0.1) is 0 Å². The van der Waals surface area contributed by atoms with Gasteiger partial charge >= 0.3 is 0 Å². The minimum Gasteiger partial charge on any atom is -0.396 e. The summed E-state index contributed by atoms with van der Waals surface area (Å²) in [6.07, 6.45) is 1.24. The van der Waals surface area contributed by atoms with Gasteiger partial charge in [-0.2, -0.15) is 0 Å². The van der Waals surface area contributed by atoms with E-state index in [0.29, 0.717) is 12.5 Å². The van der Waals surface area contributed by atoms with Gasteiger partial charge in [0.25, 0.3) is 0 Å². The predicted octanol–water partition coefficient (Wildman–Crippen LogP) is -0.482. The molecule has 2 saturated heterocycles. The van der Waals surface area contributed by atoms with E-state index in [1.165, 1.54) is 32.6 Å². The molecule has 74 valence electrons. The van der Waals surface area contributed by atoms with Crippen molar-refractivity contribution in [2.45, 2.75) is 12.5 Å². The van der Waals surface area contributed by atoms with Crippen molar-refractivity contribution in [1.29, 1.82) is 0 Å². The molecular formula is C10H18N2O. The first kappa shape index (κ1) is 8.21. The fraction of sp³-hybridized carbons (Fsp3) is 1.00. The number of aliphatic hydroxyl groups is 1. The second-order valence-corrected chi connectivity index (χ2v) is 4.88. The molecule has 3 nitrogen and oxygen atoms in total. The number of fused-ring (bicyclic) bond motifs is 1. The molecule has 0 bridgehead atoms. The lowest BCUT2D eigenvalue weighted by Gasteiger charge is -2.16. The highest BCUT2D eigenvalue weighted by Crippen LogP contribution is 2.40. The first-order chi connectivity index (χ1) is 6.38. The maximum atomic E-state index is 9.00. The summed E-state index contributed by atoms with van der Waals surface area (Å²) in [7, 11) is 0. The van der Waals surface area contributed by atoms with Crippen molar-refractivity contribution in [3.8, 4) is 0 Å². The van der Waals surface area contributed by atoms with Crippen molar-refractivity contribution < 1.29 is 5.11 Å². The molecule has 0 aromatic heterocycles. The summed E-state index contributed by atoms with van der Waals surface area (Å²) in [4.78, 5) is 2.61. The van der Waals surface area contributed by atoms with Crippen molar-refractivity contribution in [2.75, 3.05) is 32.8 Å². The van der Waals surface area contributed by atoms with Crippen LogP contribution in [-0.4, -0.2) is 48.8 Å². The Hall–Kier alpha value is -0.120. The summed E-state index contributed by atoms with van der Waals surface area (Å²) >= 11 is 0. The second-order valence-electron chi connectivity index (χ2n) is 4.88. The van der Waals surface area contributed by atoms with Crippen LogP contribution < -0.4 is 5.32 Å². The molecule has 3 heteroatoms. The first-order valence-electron chi connectivity index (χ1n) is 5.44. The summed E-state index contributed by atoms with van der Waals surface area (Å²) in [6, 6.07) is 0.732. The van der Waals surface area contributed by atoms with Crippen LogP contribution in [0.4, 0.5) is 0 Å². The van der Waals surface area contributed by atoms with Crippen LogP contribution in [0.25, 0.3) is 0 Å². The predicted molar refractivity (Wildman–Crippen MR) is 50.4 cm³/mol. The Morgan fingerprint density at radius 2 is 1.92 bits per heavy atom. The molecule has 13 heavy (non-hydrogen) atoms. The van der Waals surface area contributed by atoms with Crippen LogP contribution in [0.15, 0.2) is 0 Å². The highest BCUT2D eigenvalue weighted by atomic mass is 16.3. The van der Waals surface area contributed by atoms with Gasteiger partial charge in [-0.3, -0.25) is 4.90 Å². The van der Waals surface area contributed by atoms with Gasteiger partial charge in [-0.1, -0.05) is 0 Å². The summed E-state index contributed by atoms with van der Waals surface area (Å²) in [5.41, 5.74) is 0. The molecule has 4 atom stereocenters. The minimum atomic E-state index is 0.398. The molecule has 1 aliphatic carbocycles. The molecule has 3 aliphatic rings. The van der Waals surface area contributed by atoms with Crippen molar-refractivity contribution >= 4 is 0 Å². The van der Waals surface area contributed by atoms with Gasteiger partial charge in [0.15, 0.2) is 0 Å². The SMILES string of the molecule is OCC1CC1N1CC2CNCC2C1. The molecule has 0 radical (unpaired) electrons. The zero-order valence-corrected chi connectivity index (χ0v) is 7.95. The van der Waals surface area contributed by atoms with Gasteiger partial charge in [0.1, 0.15) is 0 Å². The quantitative estimate of drug-likeness (QED) is 0.605. The van der Waals surface area contributed by atoms with E-state index in [9.17, 15) is 0 Å². The standard InChI is InChI=1S/C10H18N2O/c13-6-7-1-10(7)12-4-8-2-11-3-9(8)5-12/h7-11,13H,1-6H2. The molecule has 3 fully saturated rings. The summed E-state index contributed by atoms with van der Waals surface area (Å²) in [5.74, 6) is 2.41. The van der Waals surface area contributed by atoms with Crippen LogP contribution in [0, 0.1) is 17.8 Å². The molecule has 2 aliphatic heterocycles. The fourth-order valence-electron chi connectivity index (χ4n) is 3.04. The third-order valence-corrected chi connectivity index (χ3v) is 4.01. The molecule has 1 saturated carbocycles. The lowest BCUT2D eigenvalue weighted by Crippen LogP contribution is -2.29. The van der Waals surface area contributed by atoms with Gasteiger partial charge in [0.05, 0.1) is 0 Å². The molecule has 0 spiro atoms. The Bertz CT molecular complexity index is 197. The number of nitrogens with zero attached hydrogens (tertiary/aromatic N) is 1. The van der Waals surface area contributed by atoms with Crippen LogP contribution in [0.3, 0.4) is 0 Å². The van der Waals surface area contributed by atoms with E-state index in [0.717, 1.165) is 17.9 Å². The molecule has 3 rings (SSSR count). The van der Waals surface area contributed by atoms with Crippen LogP contribution in [0.5, 0.6) is 0 Å². The third-order valence-electron chi connectivity index (χ3n) is 4.01. The number of hydrogen-bond donors (Lipinski definition) is 2. The summed E-state index contributed by atoms with van der Waals surface area (Å²) in [6.45, 7) is 5.39. The van der Waals surface area contributed by atoms with Crippen LogP contribution >= 0.6 is 0 Å². The van der Waals surface area contributed by atoms with Crippen molar-refractivity contribution in [3.63, 3.8) is 0 Å². The Morgan fingerprint density at radius 1 is 1.23 bits per heavy atom. The number of rotatable bonds is 2. The monoisotopic (exact) mass is 182 g/mol. The van der Waals surface area contributed by atoms with E-state index in [1.54, 1.807) is 0 Å². The molecule has 2 heterocycles. The van der Waals surface area contributed by atoms with Crippen LogP contribution in [0.2, 0.25) is 0 Å². The third kappa shape index (κ3) is 1.30. The minimum absolute atomic E-state index is 0.398. The van der Waals surface area contributed by atoms with E-state index < -0.39 is 0 Å². The van der Waals surface area contributed by atoms with Gasteiger partial charge in [0.2, 0.25) is 0 Å². The van der Waals surface area contributed by atoms with Crippen molar-refractivity contribution in [2.24, 2.45) is 17.8 Å². The second kappa shape index (κ2) is 2.94. The maximum absolute atomic E-state index is 9.00. The van der Waals surface area contributed by atoms with Crippen molar-refractivity contribution in [1.82, 2.24) is 10.2 Å². The zero-order valence-electron chi connectivity index (χ0n) is 7.95. The fourth-order valence-corrected chi connectivity index (χ4v) is 3.04. The number of likely N-dealkylation sites (tertiary alicyclic amines) is 1. The Morgan fingerprint density at radius 3 is 2.46 bits per heavy atom. The van der Waals surface area contributed by atoms with E-state index in [2.05, 4.69) is 10.2 Å². The number of hydrogen-bond acceptors (Lipinski definition) is 3. The number of nitrogens with one attached hydrogen (secondary N) is 1. The normalized spacial score (nSPS) is 49.6. The molecular weight excluding hydrogens is 164 g/mol. The average molecular weight is 182 g/mol. The number of aliphatic hydroxyl groups excluding tert-OH is 1. The lowest BCUT2D eigenvalue weighted by atomic mass is 10.0. The van der Waals surface area contributed by atoms with Gasteiger partial charge < -0.3 is 10.4 Å². The van der Waals surface area contributed by atoms with E-state index in [-0.39, 0.29) is 0 Å².